The largest absolute Gasteiger partial charge is 0.497 e. The van der Waals surface area contributed by atoms with E-state index in [1.807, 2.05) is 42.5 Å². The van der Waals surface area contributed by atoms with E-state index in [1.54, 1.807) is 18.2 Å². The molecule has 0 aliphatic rings. The zero-order valence-corrected chi connectivity index (χ0v) is 13.6. The normalized spacial score (nSPS) is 10.3. The number of benzene rings is 3. The van der Waals surface area contributed by atoms with Crippen molar-refractivity contribution in [3.63, 3.8) is 0 Å². The van der Waals surface area contributed by atoms with Crippen molar-refractivity contribution in [1.82, 2.24) is 0 Å². The Morgan fingerprint density at radius 3 is 2.04 bits per heavy atom. The first kappa shape index (κ1) is 16.5. The van der Waals surface area contributed by atoms with E-state index in [9.17, 15) is 14.7 Å². The zero-order valence-electron chi connectivity index (χ0n) is 13.6. The first-order chi connectivity index (χ1) is 12.1. The summed E-state index contributed by atoms with van der Waals surface area (Å²) in [5, 5.41) is 9.37. The van der Waals surface area contributed by atoms with Gasteiger partial charge in [0.25, 0.3) is 0 Å². The van der Waals surface area contributed by atoms with E-state index < -0.39 is 5.97 Å². The highest BCUT2D eigenvalue weighted by molar-refractivity contribution is 6.14. The van der Waals surface area contributed by atoms with E-state index in [0.717, 1.165) is 11.1 Å². The molecule has 0 heterocycles. The Kier molecular flexibility index (Phi) is 4.61. The minimum Gasteiger partial charge on any atom is -0.497 e. The average molecular weight is 332 g/mol. The van der Waals surface area contributed by atoms with E-state index in [0.29, 0.717) is 11.3 Å². The summed E-state index contributed by atoms with van der Waals surface area (Å²) in [6.07, 6.45) is 0. The van der Waals surface area contributed by atoms with E-state index in [-0.39, 0.29) is 16.9 Å². The molecule has 0 unspecified atom stereocenters. The molecule has 4 nitrogen and oxygen atoms in total. The summed E-state index contributed by atoms with van der Waals surface area (Å²) in [6.45, 7) is 0. The number of carbonyl (C=O) groups is 2. The molecule has 3 aromatic rings. The van der Waals surface area contributed by atoms with Crippen LogP contribution in [0.4, 0.5) is 0 Å². The van der Waals surface area contributed by atoms with Crippen LogP contribution in [0.5, 0.6) is 5.75 Å². The van der Waals surface area contributed by atoms with Gasteiger partial charge in [-0.2, -0.15) is 0 Å². The Morgan fingerprint density at radius 2 is 1.44 bits per heavy atom. The van der Waals surface area contributed by atoms with Crippen molar-refractivity contribution in [1.29, 1.82) is 0 Å². The lowest BCUT2D eigenvalue weighted by atomic mass is 9.96. The van der Waals surface area contributed by atoms with E-state index in [2.05, 4.69) is 0 Å². The van der Waals surface area contributed by atoms with Crippen LogP contribution >= 0.6 is 0 Å². The maximum absolute atomic E-state index is 12.7. The van der Waals surface area contributed by atoms with Crippen LogP contribution in [0.25, 0.3) is 11.1 Å². The fourth-order valence-electron chi connectivity index (χ4n) is 2.63. The van der Waals surface area contributed by atoms with Gasteiger partial charge in [0.2, 0.25) is 0 Å². The molecule has 0 atom stereocenters. The zero-order chi connectivity index (χ0) is 17.8. The number of hydrogen-bond acceptors (Lipinski definition) is 3. The van der Waals surface area contributed by atoms with Crippen molar-refractivity contribution in [2.45, 2.75) is 0 Å². The second-order valence-corrected chi connectivity index (χ2v) is 5.49. The smallest absolute Gasteiger partial charge is 0.336 e. The van der Waals surface area contributed by atoms with Crippen LogP contribution in [-0.4, -0.2) is 24.0 Å². The number of carboxylic acid groups (broad SMARTS) is 1. The van der Waals surface area contributed by atoms with Gasteiger partial charge in [-0.15, -0.1) is 0 Å². The Morgan fingerprint density at radius 1 is 0.800 bits per heavy atom. The average Bonchev–Trinajstić information content (AvgIpc) is 2.67. The molecular formula is C21H16O4. The van der Waals surface area contributed by atoms with Crippen molar-refractivity contribution in [2.24, 2.45) is 0 Å². The highest BCUT2D eigenvalue weighted by Gasteiger charge is 2.19. The minimum atomic E-state index is -1.16. The van der Waals surface area contributed by atoms with Gasteiger partial charge in [0.1, 0.15) is 5.75 Å². The number of aromatic carboxylic acids is 1. The molecular weight excluding hydrogens is 316 g/mol. The van der Waals surface area contributed by atoms with Gasteiger partial charge < -0.3 is 9.84 Å². The first-order valence-corrected chi connectivity index (χ1v) is 7.71. The van der Waals surface area contributed by atoms with Gasteiger partial charge in [-0.05, 0) is 29.3 Å². The van der Waals surface area contributed by atoms with Crippen LogP contribution in [0.1, 0.15) is 26.3 Å². The number of hydrogen-bond donors (Lipinski definition) is 1. The van der Waals surface area contributed by atoms with Crippen LogP contribution in [0.2, 0.25) is 0 Å². The summed E-state index contributed by atoms with van der Waals surface area (Å²) < 4.78 is 5.04. The molecule has 0 aliphatic carbocycles. The fourth-order valence-corrected chi connectivity index (χ4v) is 2.63. The molecule has 0 radical (unpaired) electrons. The summed E-state index contributed by atoms with van der Waals surface area (Å²) in [5.74, 6) is -1.10. The third kappa shape index (κ3) is 3.43. The van der Waals surface area contributed by atoms with Gasteiger partial charge in [0.05, 0.1) is 12.7 Å². The Labute approximate surface area is 145 Å². The fraction of sp³-hybridized carbons (Fsp3) is 0.0476. The summed E-state index contributed by atoms with van der Waals surface area (Å²) >= 11 is 0. The molecule has 124 valence electrons. The van der Waals surface area contributed by atoms with Crippen molar-refractivity contribution >= 4 is 11.8 Å². The van der Waals surface area contributed by atoms with Crippen molar-refractivity contribution in [3.05, 3.63) is 89.5 Å². The molecule has 0 amide bonds. The standard InChI is InChI=1S/C21H16O4/c1-25-17-11-12-18(19(13-17)21(23)24)20(22)16-9-7-15(8-10-16)14-5-3-2-4-6-14/h2-13H,1H3,(H,23,24). The maximum atomic E-state index is 12.7. The van der Waals surface area contributed by atoms with Gasteiger partial charge in [-0.3, -0.25) is 4.79 Å². The quantitative estimate of drug-likeness (QED) is 0.708. The molecule has 0 aromatic heterocycles. The molecule has 0 spiro atoms. The topological polar surface area (TPSA) is 63.6 Å². The van der Waals surface area contributed by atoms with Gasteiger partial charge in [0, 0.05) is 11.1 Å². The van der Waals surface area contributed by atoms with Gasteiger partial charge in [-0.25, -0.2) is 4.79 Å². The molecule has 25 heavy (non-hydrogen) atoms. The van der Waals surface area contributed by atoms with Crippen molar-refractivity contribution in [2.75, 3.05) is 7.11 Å². The molecule has 3 rings (SSSR count). The lowest BCUT2D eigenvalue weighted by Crippen LogP contribution is -2.10. The second-order valence-electron chi connectivity index (χ2n) is 5.49. The number of rotatable bonds is 5. The van der Waals surface area contributed by atoms with E-state index in [4.69, 9.17) is 4.74 Å². The van der Waals surface area contributed by atoms with E-state index >= 15 is 0 Å². The second kappa shape index (κ2) is 7.01. The SMILES string of the molecule is COc1ccc(C(=O)c2ccc(-c3ccccc3)cc2)c(C(=O)O)c1. The Bertz CT molecular complexity index is 912. The molecule has 0 aliphatic heterocycles. The summed E-state index contributed by atoms with van der Waals surface area (Å²) in [7, 11) is 1.45. The predicted molar refractivity (Wildman–Crippen MR) is 95.3 cm³/mol. The number of ketones is 1. The highest BCUT2D eigenvalue weighted by Crippen LogP contribution is 2.23. The molecule has 0 fully saturated rings. The van der Waals surface area contributed by atoms with E-state index in [1.165, 1.54) is 19.2 Å². The Balaban J connectivity index is 1.95. The number of carbonyl (C=O) groups excluding carboxylic acids is 1. The summed E-state index contributed by atoms with van der Waals surface area (Å²) in [5.41, 5.74) is 2.55. The molecule has 1 N–H and O–H groups in total. The lowest BCUT2D eigenvalue weighted by Gasteiger charge is -2.08. The van der Waals surface area contributed by atoms with Crippen LogP contribution in [0.15, 0.2) is 72.8 Å². The Hall–Kier alpha value is -3.40. The van der Waals surface area contributed by atoms with Crippen LogP contribution in [0.3, 0.4) is 0 Å². The van der Waals surface area contributed by atoms with Gasteiger partial charge >= 0.3 is 5.97 Å². The van der Waals surface area contributed by atoms with Crippen LogP contribution in [-0.2, 0) is 0 Å². The monoisotopic (exact) mass is 332 g/mol. The molecule has 0 saturated carbocycles. The number of carboxylic acids is 1. The van der Waals surface area contributed by atoms with Gasteiger partial charge in [0.15, 0.2) is 5.78 Å². The third-order valence-corrected chi connectivity index (χ3v) is 3.96. The summed E-state index contributed by atoms with van der Waals surface area (Å²) in [6, 6.07) is 21.4. The minimum absolute atomic E-state index is 0.0727. The molecule has 4 heteroatoms. The maximum Gasteiger partial charge on any atom is 0.336 e. The van der Waals surface area contributed by atoms with Crippen LogP contribution in [0, 0.1) is 0 Å². The predicted octanol–water partition coefficient (Wildman–Crippen LogP) is 4.29. The van der Waals surface area contributed by atoms with Crippen molar-refractivity contribution < 1.29 is 19.4 Å². The highest BCUT2D eigenvalue weighted by atomic mass is 16.5. The first-order valence-electron chi connectivity index (χ1n) is 7.71. The van der Waals surface area contributed by atoms with Gasteiger partial charge in [-0.1, -0.05) is 54.6 Å². The number of ether oxygens (including phenoxy) is 1. The number of methoxy groups -OCH3 is 1. The lowest BCUT2D eigenvalue weighted by molar-refractivity contribution is 0.0692. The molecule has 3 aromatic carbocycles. The third-order valence-electron chi connectivity index (χ3n) is 3.96. The molecule has 0 saturated heterocycles. The van der Waals surface area contributed by atoms with Crippen LogP contribution < -0.4 is 4.74 Å². The molecule has 0 bridgehead atoms. The van der Waals surface area contributed by atoms with Crippen molar-refractivity contribution in [3.8, 4) is 16.9 Å². The summed E-state index contributed by atoms with van der Waals surface area (Å²) in [4.78, 5) is 24.2.